The molecule has 2 rings (SSSR count). The number of benzene rings is 1. The molecule has 76 valence electrons. The summed E-state index contributed by atoms with van der Waals surface area (Å²) in [6.07, 6.45) is 1.70. The quantitative estimate of drug-likeness (QED) is 0.730. The molecule has 0 spiro atoms. The molecular formula is C12H9FIN. The van der Waals surface area contributed by atoms with Crippen LogP contribution in [0.1, 0.15) is 5.56 Å². The van der Waals surface area contributed by atoms with Crippen LogP contribution in [0.4, 0.5) is 4.39 Å². The molecule has 0 aliphatic heterocycles. The van der Waals surface area contributed by atoms with Crippen LogP contribution in [-0.2, 0) is 0 Å². The predicted molar refractivity (Wildman–Crippen MR) is 67.1 cm³/mol. The maximum absolute atomic E-state index is 13.6. The standard InChI is InChI=1S/C12H9FIN/c1-8-4-5-15-12(6-8)10-3-2-9(14)7-11(10)13/h2-7H,1H3. The van der Waals surface area contributed by atoms with Crippen LogP contribution >= 0.6 is 22.6 Å². The number of rotatable bonds is 1. The molecule has 0 unspecified atom stereocenters. The highest BCUT2D eigenvalue weighted by Crippen LogP contribution is 2.22. The molecule has 0 saturated carbocycles. The van der Waals surface area contributed by atoms with Gasteiger partial charge in [-0.25, -0.2) is 4.39 Å². The molecule has 0 aliphatic carbocycles. The van der Waals surface area contributed by atoms with Crippen LogP contribution in [0.3, 0.4) is 0 Å². The summed E-state index contributed by atoms with van der Waals surface area (Å²) in [5.74, 6) is -0.222. The smallest absolute Gasteiger partial charge is 0.133 e. The molecule has 0 aliphatic rings. The Labute approximate surface area is 102 Å². The van der Waals surface area contributed by atoms with Crippen molar-refractivity contribution in [1.29, 1.82) is 0 Å². The molecule has 1 heterocycles. The van der Waals surface area contributed by atoms with Gasteiger partial charge in [-0.3, -0.25) is 4.98 Å². The monoisotopic (exact) mass is 313 g/mol. The summed E-state index contributed by atoms with van der Waals surface area (Å²) in [7, 11) is 0. The largest absolute Gasteiger partial charge is 0.256 e. The Hall–Kier alpha value is -0.970. The molecular weight excluding hydrogens is 304 g/mol. The van der Waals surface area contributed by atoms with Gasteiger partial charge in [-0.05, 0) is 65.4 Å². The minimum Gasteiger partial charge on any atom is -0.256 e. The van der Waals surface area contributed by atoms with Crippen molar-refractivity contribution in [2.75, 3.05) is 0 Å². The summed E-state index contributed by atoms with van der Waals surface area (Å²) in [6.45, 7) is 1.97. The normalized spacial score (nSPS) is 10.3. The van der Waals surface area contributed by atoms with Crippen LogP contribution < -0.4 is 0 Å². The average Bonchev–Trinajstić information content (AvgIpc) is 2.17. The summed E-state index contributed by atoms with van der Waals surface area (Å²) in [4.78, 5) is 4.16. The lowest BCUT2D eigenvalue weighted by Gasteiger charge is -2.03. The third-order valence-electron chi connectivity index (χ3n) is 2.12. The molecule has 0 N–H and O–H groups in total. The first-order valence-corrected chi connectivity index (χ1v) is 5.63. The molecule has 0 atom stereocenters. The lowest BCUT2D eigenvalue weighted by molar-refractivity contribution is 0.629. The van der Waals surface area contributed by atoms with Crippen molar-refractivity contribution in [1.82, 2.24) is 4.98 Å². The van der Waals surface area contributed by atoms with Gasteiger partial charge in [-0.2, -0.15) is 0 Å². The average molecular weight is 313 g/mol. The highest BCUT2D eigenvalue weighted by molar-refractivity contribution is 14.1. The van der Waals surface area contributed by atoms with Gasteiger partial charge in [0.05, 0.1) is 5.69 Å². The van der Waals surface area contributed by atoms with Gasteiger partial charge in [0.1, 0.15) is 5.82 Å². The van der Waals surface area contributed by atoms with Gasteiger partial charge in [0, 0.05) is 15.3 Å². The Balaban J connectivity index is 2.54. The van der Waals surface area contributed by atoms with Gasteiger partial charge in [0.2, 0.25) is 0 Å². The van der Waals surface area contributed by atoms with Crippen LogP contribution in [-0.4, -0.2) is 4.98 Å². The fourth-order valence-corrected chi connectivity index (χ4v) is 1.83. The lowest BCUT2D eigenvalue weighted by Crippen LogP contribution is -1.89. The highest BCUT2D eigenvalue weighted by atomic mass is 127. The van der Waals surface area contributed by atoms with Gasteiger partial charge in [-0.15, -0.1) is 0 Å². The van der Waals surface area contributed by atoms with Crippen LogP contribution in [0, 0.1) is 16.3 Å². The molecule has 15 heavy (non-hydrogen) atoms. The van der Waals surface area contributed by atoms with Crippen molar-refractivity contribution >= 4 is 22.6 Å². The maximum Gasteiger partial charge on any atom is 0.133 e. The molecule has 0 radical (unpaired) electrons. The van der Waals surface area contributed by atoms with E-state index >= 15 is 0 Å². The van der Waals surface area contributed by atoms with Gasteiger partial charge < -0.3 is 0 Å². The second kappa shape index (κ2) is 4.26. The van der Waals surface area contributed by atoms with Gasteiger partial charge in [-0.1, -0.05) is 0 Å². The fraction of sp³-hybridized carbons (Fsp3) is 0.0833. The first-order valence-electron chi connectivity index (χ1n) is 4.55. The first kappa shape index (κ1) is 10.5. The molecule has 0 bridgehead atoms. The summed E-state index contributed by atoms with van der Waals surface area (Å²) in [6, 6.07) is 8.93. The first-order chi connectivity index (χ1) is 7.16. The van der Waals surface area contributed by atoms with E-state index in [2.05, 4.69) is 27.6 Å². The van der Waals surface area contributed by atoms with Crippen LogP contribution in [0.15, 0.2) is 36.5 Å². The molecule has 0 amide bonds. The second-order valence-corrected chi connectivity index (χ2v) is 4.59. The topological polar surface area (TPSA) is 12.9 Å². The Kier molecular flexibility index (Phi) is 3.00. The van der Waals surface area contributed by atoms with Gasteiger partial charge >= 0.3 is 0 Å². The van der Waals surface area contributed by atoms with E-state index in [4.69, 9.17) is 0 Å². The van der Waals surface area contributed by atoms with Crippen LogP contribution in [0.2, 0.25) is 0 Å². The van der Waals surface area contributed by atoms with Crippen molar-refractivity contribution in [3.05, 3.63) is 51.5 Å². The van der Waals surface area contributed by atoms with Crippen molar-refractivity contribution in [2.45, 2.75) is 6.92 Å². The van der Waals surface area contributed by atoms with E-state index in [1.165, 1.54) is 6.07 Å². The van der Waals surface area contributed by atoms with Crippen molar-refractivity contribution in [2.24, 2.45) is 0 Å². The Morgan fingerprint density at radius 3 is 2.67 bits per heavy atom. The number of hydrogen-bond acceptors (Lipinski definition) is 1. The Morgan fingerprint density at radius 2 is 2.00 bits per heavy atom. The maximum atomic E-state index is 13.6. The van der Waals surface area contributed by atoms with Gasteiger partial charge in [0.15, 0.2) is 0 Å². The Morgan fingerprint density at radius 1 is 1.20 bits per heavy atom. The number of nitrogens with zero attached hydrogens (tertiary/aromatic N) is 1. The third-order valence-corrected chi connectivity index (χ3v) is 2.79. The van der Waals surface area contributed by atoms with E-state index in [-0.39, 0.29) is 5.82 Å². The van der Waals surface area contributed by atoms with E-state index in [9.17, 15) is 4.39 Å². The summed E-state index contributed by atoms with van der Waals surface area (Å²) < 4.78 is 14.5. The number of aromatic nitrogens is 1. The zero-order valence-electron chi connectivity index (χ0n) is 8.17. The Bertz CT molecular complexity index is 497. The SMILES string of the molecule is Cc1ccnc(-c2ccc(I)cc2F)c1. The van der Waals surface area contributed by atoms with Crippen molar-refractivity contribution in [3.63, 3.8) is 0 Å². The number of hydrogen-bond donors (Lipinski definition) is 0. The summed E-state index contributed by atoms with van der Waals surface area (Å²) in [5.41, 5.74) is 2.32. The molecule has 0 fully saturated rings. The predicted octanol–water partition coefficient (Wildman–Crippen LogP) is 3.80. The zero-order chi connectivity index (χ0) is 10.8. The van der Waals surface area contributed by atoms with E-state index in [0.29, 0.717) is 11.3 Å². The van der Waals surface area contributed by atoms with Gasteiger partial charge in [0.25, 0.3) is 0 Å². The third kappa shape index (κ3) is 2.34. The van der Waals surface area contributed by atoms with E-state index in [1.54, 1.807) is 12.3 Å². The van der Waals surface area contributed by atoms with E-state index < -0.39 is 0 Å². The lowest BCUT2D eigenvalue weighted by atomic mass is 10.1. The number of halogens is 2. The van der Waals surface area contributed by atoms with Crippen molar-refractivity contribution in [3.8, 4) is 11.3 Å². The summed E-state index contributed by atoms with van der Waals surface area (Å²) in [5, 5.41) is 0. The molecule has 2 aromatic rings. The summed E-state index contributed by atoms with van der Waals surface area (Å²) >= 11 is 2.09. The van der Waals surface area contributed by atoms with Crippen LogP contribution in [0.5, 0.6) is 0 Å². The molecule has 0 saturated heterocycles. The zero-order valence-corrected chi connectivity index (χ0v) is 10.3. The number of pyridine rings is 1. The van der Waals surface area contributed by atoms with E-state index in [1.807, 2.05) is 25.1 Å². The highest BCUT2D eigenvalue weighted by Gasteiger charge is 2.06. The minimum atomic E-state index is -0.222. The second-order valence-electron chi connectivity index (χ2n) is 3.34. The van der Waals surface area contributed by atoms with E-state index in [0.717, 1.165) is 9.13 Å². The molecule has 3 heteroatoms. The fourth-order valence-electron chi connectivity index (χ4n) is 1.38. The molecule has 1 nitrogen and oxygen atoms in total. The molecule has 1 aromatic carbocycles. The van der Waals surface area contributed by atoms with Crippen molar-refractivity contribution < 1.29 is 4.39 Å². The number of aryl methyl sites for hydroxylation is 1. The minimum absolute atomic E-state index is 0.222. The molecule has 1 aromatic heterocycles. The van der Waals surface area contributed by atoms with Crippen LogP contribution in [0.25, 0.3) is 11.3 Å².